The maximum atomic E-state index is 14.4. The van der Waals surface area contributed by atoms with Crippen LogP contribution in [0.1, 0.15) is 22.3 Å². The van der Waals surface area contributed by atoms with E-state index >= 15 is 0 Å². The number of nitrogens with zero attached hydrogens (tertiary/aromatic N) is 2. The lowest BCUT2D eigenvalue weighted by Crippen LogP contribution is -2.54. The third-order valence-corrected chi connectivity index (χ3v) is 7.09. The van der Waals surface area contributed by atoms with E-state index in [0.29, 0.717) is 13.2 Å². The van der Waals surface area contributed by atoms with Crippen molar-refractivity contribution in [3.8, 4) is 22.4 Å². The summed E-state index contributed by atoms with van der Waals surface area (Å²) in [6, 6.07) is 31.3. The number of rotatable bonds is 9. The van der Waals surface area contributed by atoms with Crippen molar-refractivity contribution >= 4 is 5.91 Å². The first-order valence-electron chi connectivity index (χ1n) is 13.1. The molecule has 5 nitrogen and oxygen atoms in total. The lowest BCUT2D eigenvalue weighted by Gasteiger charge is -2.36. The highest BCUT2D eigenvalue weighted by atomic mass is 16.5. The molecular weight excluding hydrogens is 458 g/mol. The molecule has 4 aromatic rings. The molecule has 1 aliphatic rings. The first-order valence-corrected chi connectivity index (χ1v) is 13.1. The average molecular weight is 494 g/mol. The highest BCUT2D eigenvalue weighted by Crippen LogP contribution is 2.38. The smallest absolute Gasteiger partial charge is 0.256 e. The van der Waals surface area contributed by atoms with Crippen molar-refractivity contribution in [2.45, 2.75) is 25.4 Å². The molecule has 1 saturated heterocycles. The zero-order chi connectivity index (χ0) is 25.5. The molecule has 1 N–H and O–H groups in total. The highest BCUT2D eigenvalue weighted by Gasteiger charge is 2.31. The lowest BCUT2D eigenvalue weighted by molar-refractivity contribution is 0.0636. The quantitative estimate of drug-likeness (QED) is 0.313. The van der Waals surface area contributed by atoms with Gasteiger partial charge in [-0.15, -0.1) is 0 Å². The number of nitrogens with one attached hydrogen (secondary N) is 1. The van der Waals surface area contributed by atoms with Crippen molar-refractivity contribution in [1.82, 2.24) is 14.8 Å². The van der Waals surface area contributed by atoms with Crippen LogP contribution in [0.5, 0.6) is 0 Å². The number of methoxy groups -OCH3 is 1. The number of hydrogen-bond donors (Lipinski definition) is 1. The molecular formula is C32H35N3O2. The summed E-state index contributed by atoms with van der Waals surface area (Å²) in [5.41, 5.74) is 6.28. The van der Waals surface area contributed by atoms with Crippen LogP contribution in [0.3, 0.4) is 0 Å². The number of piperazine rings is 1. The van der Waals surface area contributed by atoms with Crippen molar-refractivity contribution in [3.05, 3.63) is 108 Å². The van der Waals surface area contributed by atoms with E-state index in [0.717, 1.165) is 60.4 Å². The highest BCUT2D eigenvalue weighted by molar-refractivity contribution is 6.05. The number of benzene rings is 3. The molecule has 1 amide bonds. The van der Waals surface area contributed by atoms with Crippen LogP contribution in [0, 0.1) is 0 Å². The molecule has 5 heteroatoms. The Balaban J connectivity index is 1.60. The van der Waals surface area contributed by atoms with E-state index in [-0.39, 0.29) is 11.9 Å². The molecule has 5 rings (SSSR count). The first kappa shape index (κ1) is 25.0. The SMILES string of the molecule is COCCCn1cc(C(=O)N2CCNC[C@H]2Cc2ccccc2)c(-c2ccccc2)c1-c1ccccc1. The van der Waals surface area contributed by atoms with E-state index in [2.05, 4.69) is 81.6 Å². The van der Waals surface area contributed by atoms with E-state index in [1.54, 1.807) is 7.11 Å². The van der Waals surface area contributed by atoms with Crippen LogP contribution in [0.25, 0.3) is 22.4 Å². The molecule has 2 heterocycles. The lowest BCUT2D eigenvalue weighted by atomic mass is 9.96. The molecule has 0 bridgehead atoms. The first-order chi connectivity index (χ1) is 18.3. The van der Waals surface area contributed by atoms with Gasteiger partial charge in [-0.3, -0.25) is 4.79 Å². The minimum atomic E-state index is 0.101. The second-order valence-corrected chi connectivity index (χ2v) is 9.58. The predicted octanol–water partition coefficient (Wildman–Crippen LogP) is 5.52. The van der Waals surface area contributed by atoms with E-state index < -0.39 is 0 Å². The zero-order valence-corrected chi connectivity index (χ0v) is 21.5. The molecule has 0 aliphatic carbocycles. The number of amides is 1. The molecule has 1 aliphatic heterocycles. The monoisotopic (exact) mass is 493 g/mol. The topological polar surface area (TPSA) is 46.5 Å². The van der Waals surface area contributed by atoms with Gasteiger partial charge >= 0.3 is 0 Å². The van der Waals surface area contributed by atoms with Gasteiger partial charge < -0.3 is 19.5 Å². The number of hydrogen-bond acceptors (Lipinski definition) is 3. The Morgan fingerprint density at radius 2 is 1.57 bits per heavy atom. The van der Waals surface area contributed by atoms with Crippen LogP contribution < -0.4 is 5.32 Å². The van der Waals surface area contributed by atoms with E-state index in [1.165, 1.54) is 5.56 Å². The summed E-state index contributed by atoms with van der Waals surface area (Å²) in [4.78, 5) is 16.5. The Morgan fingerprint density at radius 3 is 2.24 bits per heavy atom. The normalized spacial score (nSPS) is 15.6. The molecule has 0 radical (unpaired) electrons. The maximum absolute atomic E-state index is 14.4. The predicted molar refractivity (Wildman–Crippen MR) is 150 cm³/mol. The number of aryl methyl sites for hydroxylation is 1. The van der Waals surface area contributed by atoms with Crippen LogP contribution in [-0.4, -0.2) is 54.8 Å². The average Bonchev–Trinajstić information content (AvgIpc) is 3.34. The molecule has 1 fully saturated rings. The van der Waals surface area contributed by atoms with Crippen molar-refractivity contribution < 1.29 is 9.53 Å². The van der Waals surface area contributed by atoms with Gasteiger partial charge in [0, 0.05) is 57.7 Å². The van der Waals surface area contributed by atoms with Gasteiger partial charge in [0.25, 0.3) is 5.91 Å². The molecule has 190 valence electrons. The summed E-state index contributed by atoms with van der Waals surface area (Å²) in [5, 5.41) is 3.50. The Labute approximate surface area is 219 Å². The fourth-order valence-corrected chi connectivity index (χ4v) is 5.33. The molecule has 1 atom stereocenters. The van der Waals surface area contributed by atoms with Crippen molar-refractivity contribution in [1.29, 1.82) is 0 Å². The number of aromatic nitrogens is 1. The van der Waals surface area contributed by atoms with E-state index in [1.807, 2.05) is 30.3 Å². The van der Waals surface area contributed by atoms with Gasteiger partial charge in [0.05, 0.1) is 11.3 Å². The third-order valence-electron chi connectivity index (χ3n) is 7.09. The fourth-order valence-electron chi connectivity index (χ4n) is 5.33. The van der Waals surface area contributed by atoms with Crippen LogP contribution in [0.2, 0.25) is 0 Å². The maximum Gasteiger partial charge on any atom is 0.256 e. The number of ether oxygens (including phenoxy) is 1. The van der Waals surface area contributed by atoms with Gasteiger partial charge in [-0.1, -0.05) is 91.0 Å². The summed E-state index contributed by atoms with van der Waals surface area (Å²) in [6.45, 7) is 3.74. The van der Waals surface area contributed by atoms with Crippen molar-refractivity contribution in [2.24, 2.45) is 0 Å². The standard InChI is InChI=1S/C32H35N3O2/c1-37-21-11-19-34-24-29(30(26-14-7-3-8-15-26)31(34)27-16-9-4-10-17-27)32(36)35-20-18-33-23-28(35)22-25-12-5-2-6-13-25/h2-10,12-17,24,28,33H,11,18-23H2,1H3/t28-/m1/s1. The zero-order valence-electron chi connectivity index (χ0n) is 21.5. The molecule has 1 aromatic heterocycles. The number of carbonyl (C=O) groups excluding carboxylic acids is 1. The Bertz CT molecular complexity index is 1290. The van der Waals surface area contributed by atoms with E-state index in [4.69, 9.17) is 4.74 Å². The fraction of sp³-hybridized carbons (Fsp3) is 0.281. The van der Waals surface area contributed by atoms with Gasteiger partial charge in [-0.25, -0.2) is 0 Å². The van der Waals surface area contributed by atoms with Gasteiger partial charge in [-0.2, -0.15) is 0 Å². The summed E-state index contributed by atoms with van der Waals surface area (Å²) in [7, 11) is 1.73. The van der Waals surface area contributed by atoms with Gasteiger partial charge in [0.2, 0.25) is 0 Å². The van der Waals surface area contributed by atoms with Crippen LogP contribution in [0.4, 0.5) is 0 Å². The third kappa shape index (κ3) is 5.68. The van der Waals surface area contributed by atoms with Gasteiger partial charge in [0.1, 0.15) is 0 Å². The largest absolute Gasteiger partial charge is 0.385 e. The van der Waals surface area contributed by atoms with Crippen LogP contribution in [-0.2, 0) is 17.7 Å². The van der Waals surface area contributed by atoms with Crippen LogP contribution in [0.15, 0.2) is 97.2 Å². The molecule has 0 unspecified atom stereocenters. The van der Waals surface area contributed by atoms with Gasteiger partial charge in [0.15, 0.2) is 0 Å². The number of carbonyl (C=O) groups is 1. The summed E-state index contributed by atoms with van der Waals surface area (Å²) < 4.78 is 7.60. The Morgan fingerprint density at radius 1 is 0.919 bits per heavy atom. The summed E-state index contributed by atoms with van der Waals surface area (Å²) in [5.74, 6) is 0.101. The molecule has 37 heavy (non-hydrogen) atoms. The van der Waals surface area contributed by atoms with Crippen LogP contribution >= 0.6 is 0 Å². The van der Waals surface area contributed by atoms with E-state index in [9.17, 15) is 4.79 Å². The Hall–Kier alpha value is -3.67. The molecule has 3 aromatic carbocycles. The molecule has 0 spiro atoms. The van der Waals surface area contributed by atoms with Gasteiger partial charge in [-0.05, 0) is 29.5 Å². The molecule has 0 saturated carbocycles. The second kappa shape index (κ2) is 12.0. The second-order valence-electron chi connectivity index (χ2n) is 9.58. The van der Waals surface area contributed by atoms with Crippen molar-refractivity contribution in [3.63, 3.8) is 0 Å². The minimum absolute atomic E-state index is 0.101. The summed E-state index contributed by atoms with van der Waals surface area (Å²) >= 11 is 0. The minimum Gasteiger partial charge on any atom is -0.385 e. The Kier molecular flexibility index (Phi) is 8.14. The summed E-state index contributed by atoms with van der Waals surface area (Å²) in [6.07, 6.45) is 3.78. The van der Waals surface area contributed by atoms with Crippen molar-refractivity contribution in [2.75, 3.05) is 33.4 Å².